The van der Waals surface area contributed by atoms with Crippen molar-refractivity contribution < 1.29 is 9.53 Å². The lowest BCUT2D eigenvalue weighted by atomic mass is 10.2. The molecular weight excluding hydrogens is 282 g/mol. The Bertz CT molecular complexity index is 839. The molecule has 0 aliphatic heterocycles. The molecule has 22 heavy (non-hydrogen) atoms. The molecule has 0 unspecified atom stereocenters. The number of carbonyl (C=O) groups excluding carboxylic acids is 1. The third-order valence-electron chi connectivity index (χ3n) is 2.90. The molecule has 1 aromatic carbocycles. The minimum absolute atomic E-state index is 0.219. The summed E-state index contributed by atoms with van der Waals surface area (Å²) in [5, 5.41) is 2.72. The fourth-order valence-corrected chi connectivity index (χ4v) is 1.78. The first-order valence-corrected chi connectivity index (χ1v) is 6.52. The predicted molar refractivity (Wildman–Crippen MR) is 81.6 cm³/mol. The van der Waals surface area contributed by atoms with Crippen molar-refractivity contribution in [3.05, 3.63) is 49.1 Å². The number of rotatable bonds is 4. The predicted octanol–water partition coefficient (Wildman–Crippen LogP) is 2.66. The number of imidazole rings is 1. The molecule has 0 aliphatic rings. The summed E-state index contributed by atoms with van der Waals surface area (Å²) >= 11 is 0. The number of aromatic amines is 1. The van der Waals surface area contributed by atoms with Gasteiger partial charge in [-0.25, -0.2) is 9.97 Å². The number of amides is 1. The summed E-state index contributed by atoms with van der Waals surface area (Å²) in [5.41, 5.74) is 2.27. The van der Waals surface area contributed by atoms with E-state index in [1.54, 1.807) is 31.2 Å². The number of nitrogens with one attached hydrogen (secondary N) is 2. The normalized spacial score (nSPS) is 10.4. The molecule has 1 amide bonds. The van der Waals surface area contributed by atoms with E-state index in [1.807, 2.05) is 0 Å². The molecule has 0 bridgehead atoms. The number of H-pyrrole nitrogens is 1. The van der Waals surface area contributed by atoms with Gasteiger partial charge in [-0.2, -0.15) is 4.98 Å². The molecule has 0 aliphatic carbocycles. The van der Waals surface area contributed by atoms with Gasteiger partial charge < -0.3 is 15.0 Å². The van der Waals surface area contributed by atoms with Crippen molar-refractivity contribution in [3.8, 4) is 11.6 Å². The van der Waals surface area contributed by atoms with Gasteiger partial charge in [0, 0.05) is 11.3 Å². The summed E-state index contributed by atoms with van der Waals surface area (Å²) < 4.78 is 5.70. The van der Waals surface area contributed by atoms with Gasteiger partial charge in [-0.05, 0) is 31.2 Å². The van der Waals surface area contributed by atoms with Crippen LogP contribution < -0.4 is 10.1 Å². The maximum absolute atomic E-state index is 11.5. The fraction of sp³-hybridized carbons (Fsp3) is 0.0667. The van der Waals surface area contributed by atoms with Crippen molar-refractivity contribution in [2.75, 3.05) is 5.32 Å². The summed E-state index contributed by atoms with van der Waals surface area (Å²) in [7, 11) is 0. The smallest absolute Gasteiger partial charge is 0.250 e. The molecule has 2 heterocycles. The van der Waals surface area contributed by atoms with Gasteiger partial charge in [0.05, 0.1) is 6.33 Å². The number of benzene rings is 1. The van der Waals surface area contributed by atoms with E-state index < -0.39 is 0 Å². The molecule has 2 N–H and O–H groups in total. The topological polar surface area (TPSA) is 92.8 Å². The maximum Gasteiger partial charge on any atom is 0.250 e. The van der Waals surface area contributed by atoms with Crippen LogP contribution >= 0.6 is 0 Å². The first-order valence-electron chi connectivity index (χ1n) is 6.52. The summed E-state index contributed by atoms with van der Waals surface area (Å²) in [4.78, 5) is 26.6. The zero-order chi connectivity index (χ0) is 15.5. The number of aromatic nitrogens is 4. The number of anilines is 1. The van der Waals surface area contributed by atoms with E-state index in [2.05, 4.69) is 31.8 Å². The van der Waals surface area contributed by atoms with Crippen LogP contribution in [0.3, 0.4) is 0 Å². The van der Waals surface area contributed by atoms with Crippen molar-refractivity contribution in [1.29, 1.82) is 0 Å². The fourth-order valence-electron chi connectivity index (χ4n) is 1.78. The van der Waals surface area contributed by atoms with E-state index in [-0.39, 0.29) is 5.91 Å². The van der Waals surface area contributed by atoms with Gasteiger partial charge in [0.15, 0.2) is 5.65 Å². The zero-order valence-corrected chi connectivity index (χ0v) is 11.8. The molecule has 0 fully saturated rings. The second kappa shape index (κ2) is 5.65. The average molecular weight is 295 g/mol. The third kappa shape index (κ3) is 2.78. The molecule has 0 saturated carbocycles. The van der Waals surface area contributed by atoms with Crippen molar-refractivity contribution in [2.45, 2.75) is 6.92 Å². The lowest BCUT2D eigenvalue weighted by molar-refractivity contribution is -0.112. The third-order valence-corrected chi connectivity index (χ3v) is 2.90. The standard InChI is InChI=1S/C15H13N5O2/c1-9(2)14(21)20-10-3-5-11(6-4-10)22-15-12-13(17-7-16-12)18-8-19-15/h3-8H,1H2,2H3,(H,20,21)(H,16,17,18,19). The molecule has 0 radical (unpaired) electrons. The number of carbonyl (C=O) groups is 1. The highest BCUT2D eigenvalue weighted by Gasteiger charge is 2.08. The maximum atomic E-state index is 11.5. The summed E-state index contributed by atoms with van der Waals surface area (Å²) in [5.74, 6) is 0.757. The van der Waals surface area contributed by atoms with Crippen LogP contribution in [-0.4, -0.2) is 25.8 Å². The van der Waals surface area contributed by atoms with Crippen LogP contribution in [0.15, 0.2) is 49.1 Å². The Morgan fingerprint density at radius 3 is 2.73 bits per heavy atom. The molecule has 3 rings (SSSR count). The highest BCUT2D eigenvalue weighted by molar-refractivity contribution is 6.02. The van der Waals surface area contributed by atoms with Gasteiger partial charge in [0.25, 0.3) is 5.91 Å². The van der Waals surface area contributed by atoms with Gasteiger partial charge in [-0.3, -0.25) is 4.79 Å². The van der Waals surface area contributed by atoms with Crippen LogP contribution in [0.5, 0.6) is 11.6 Å². The van der Waals surface area contributed by atoms with Gasteiger partial charge >= 0.3 is 0 Å². The van der Waals surface area contributed by atoms with E-state index in [9.17, 15) is 4.79 Å². The monoisotopic (exact) mass is 295 g/mol. The second-order valence-electron chi connectivity index (χ2n) is 4.64. The van der Waals surface area contributed by atoms with Crippen LogP contribution in [0.2, 0.25) is 0 Å². The second-order valence-corrected chi connectivity index (χ2v) is 4.64. The summed E-state index contributed by atoms with van der Waals surface area (Å²) in [6.45, 7) is 5.24. The van der Waals surface area contributed by atoms with Crippen LogP contribution in [0, 0.1) is 0 Å². The zero-order valence-electron chi connectivity index (χ0n) is 11.8. The lowest BCUT2D eigenvalue weighted by Gasteiger charge is -2.07. The van der Waals surface area contributed by atoms with Crippen LogP contribution in [0.1, 0.15) is 6.92 Å². The van der Waals surface area contributed by atoms with E-state index in [0.717, 1.165) is 0 Å². The lowest BCUT2D eigenvalue weighted by Crippen LogP contribution is -2.11. The molecule has 0 saturated heterocycles. The Balaban J connectivity index is 1.77. The molecule has 7 heteroatoms. The number of hydrogen-bond donors (Lipinski definition) is 2. The van der Waals surface area contributed by atoms with E-state index >= 15 is 0 Å². The minimum Gasteiger partial charge on any atom is -0.437 e. The highest BCUT2D eigenvalue weighted by Crippen LogP contribution is 2.25. The van der Waals surface area contributed by atoms with E-state index in [0.29, 0.717) is 34.1 Å². The first kappa shape index (κ1) is 13.7. The van der Waals surface area contributed by atoms with E-state index in [1.165, 1.54) is 12.7 Å². The highest BCUT2D eigenvalue weighted by atomic mass is 16.5. The molecule has 7 nitrogen and oxygen atoms in total. The van der Waals surface area contributed by atoms with Crippen molar-refractivity contribution in [3.63, 3.8) is 0 Å². The van der Waals surface area contributed by atoms with Crippen LogP contribution in [-0.2, 0) is 4.79 Å². The summed E-state index contributed by atoms with van der Waals surface area (Å²) in [6, 6.07) is 6.94. The largest absolute Gasteiger partial charge is 0.437 e. The van der Waals surface area contributed by atoms with Crippen molar-refractivity contribution >= 4 is 22.8 Å². The Labute approximate surface area is 126 Å². The molecular formula is C15H13N5O2. The first-order chi connectivity index (χ1) is 10.6. The van der Waals surface area contributed by atoms with Crippen LogP contribution in [0.4, 0.5) is 5.69 Å². The minimum atomic E-state index is -0.219. The Morgan fingerprint density at radius 1 is 1.23 bits per heavy atom. The average Bonchev–Trinajstić information content (AvgIpc) is 2.98. The van der Waals surface area contributed by atoms with Gasteiger partial charge in [0.2, 0.25) is 5.88 Å². The molecule has 110 valence electrons. The van der Waals surface area contributed by atoms with E-state index in [4.69, 9.17) is 4.74 Å². The summed E-state index contributed by atoms with van der Waals surface area (Å²) in [6.07, 6.45) is 2.92. The molecule has 2 aromatic heterocycles. The Morgan fingerprint density at radius 2 is 2.00 bits per heavy atom. The quantitative estimate of drug-likeness (QED) is 0.722. The van der Waals surface area contributed by atoms with Gasteiger partial charge in [0.1, 0.15) is 17.6 Å². The van der Waals surface area contributed by atoms with Gasteiger partial charge in [-0.1, -0.05) is 6.58 Å². The number of nitrogens with zero attached hydrogens (tertiary/aromatic N) is 3. The molecule has 0 atom stereocenters. The van der Waals surface area contributed by atoms with Crippen molar-refractivity contribution in [2.24, 2.45) is 0 Å². The van der Waals surface area contributed by atoms with Gasteiger partial charge in [-0.15, -0.1) is 0 Å². The number of fused-ring (bicyclic) bond motifs is 1. The Hall–Kier alpha value is -3.22. The molecule has 0 spiro atoms. The Kier molecular flexibility index (Phi) is 3.53. The number of hydrogen-bond acceptors (Lipinski definition) is 5. The number of ether oxygens (including phenoxy) is 1. The molecule has 3 aromatic rings. The van der Waals surface area contributed by atoms with Crippen LogP contribution in [0.25, 0.3) is 11.2 Å². The van der Waals surface area contributed by atoms with Crippen molar-refractivity contribution in [1.82, 2.24) is 19.9 Å². The SMILES string of the molecule is C=C(C)C(=O)Nc1ccc(Oc2ncnc3nc[nH]c23)cc1.